The topological polar surface area (TPSA) is 116 Å². The van der Waals surface area contributed by atoms with Crippen LogP contribution < -0.4 is 5.32 Å². The first kappa shape index (κ1) is 19.7. The van der Waals surface area contributed by atoms with Gasteiger partial charge in [-0.15, -0.1) is 0 Å². The van der Waals surface area contributed by atoms with E-state index in [0.29, 0.717) is 11.3 Å². The van der Waals surface area contributed by atoms with E-state index >= 15 is 0 Å². The van der Waals surface area contributed by atoms with Gasteiger partial charge < -0.3 is 25.4 Å². The average Bonchev–Trinajstić information content (AvgIpc) is 2.59. The van der Waals surface area contributed by atoms with Crippen LogP contribution in [0.2, 0.25) is 0 Å². The van der Waals surface area contributed by atoms with Crippen molar-refractivity contribution in [3.05, 3.63) is 41.5 Å². The number of anilines is 1. The second-order valence-electron chi connectivity index (χ2n) is 6.12. The van der Waals surface area contributed by atoms with Crippen LogP contribution in [0.15, 0.2) is 30.4 Å². The van der Waals surface area contributed by atoms with Crippen molar-refractivity contribution in [2.45, 2.75) is 38.1 Å². The molecule has 0 saturated carbocycles. The minimum Gasteiger partial charge on any atom is -0.507 e. The largest absolute Gasteiger partial charge is 0.507 e. The average molecular weight is 361 g/mol. The number of nitrogens with one attached hydrogen (secondary N) is 1. The fourth-order valence-corrected chi connectivity index (χ4v) is 2.56. The molecule has 1 aromatic rings. The molecule has 1 aliphatic rings. The molecular weight excluding hydrogens is 338 g/mol. The number of benzene rings is 1. The van der Waals surface area contributed by atoms with Crippen molar-refractivity contribution in [2.24, 2.45) is 0 Å². The van der Waals surface area contributed by atoms with Crippen LogP contribution in [0, 0.1) is 0 Å². The zero-order chi connectivity index (χ0) is 19.3. The summed E-state index contributed by atoms with van der Waals surface area (Å²) in [7, 11) is 1.67. The molecule has 3 atom stereocenters. The van der Waals surface area contributed by atoms with Crippen LogP contribution in [-0.2, 0) is 9.53 Å². The molecule has 0 saturated heterocycles. The summed E-state index contributed by atoms with van der Waals surface area (Å²) in [6.07, 6.45) is 2.58. The zero-order valence-electron chi connectivity index (χ0n) is 14.7. The number of hydrogen-bond acceptors (Lipinski definition) is 7. The molecule has 4 N–H and O–H groups in total. The molecule has 1 heterocycles. The SMILES string of the molecule is CNc1cc(O)c2c(c1)/C=C/CC(O)C(O)C(=O)/C=C\CC(C)OC2=O. The van der Waals surface area contributed by atoms with Gasteiger partial charge >= 0.3 is 5.97 Å². The lowest BCUT2D eigenvalue weighted by atomic mass is 10.0. The summed E-state index contributed by atoms with van der Waals surface area (Å²) in [4.78, 5) is 24.3. The molecular formula is C19H23NO6. The summed E-state index contributed by atoms with van der Waals surface area (Å²) in [5.74, 6) is -1.53. The molecule has 7 nitrogen and oxygen atoms in total. The number of aliphatic hydroxyl groups excluding tert-OH is 2. The van der Waals surface area contributed by atoms with E-state index in [2.05, 4.69) is 5.32 Å². The van der Waals surface area contributed by atoms with E-state index in [1.807, 2.05) is 0 Å². The van der Waals surface area contributed by atoms with Crippen molar-refractivity contribution in [1.82, 2.24) is 0 Å². The first-order valence-electron chi connectivity index (χ1n) is 8.32. The van der Waals surface area contributed by atoms with Crippen molar-refractivity contribution in [1.29, 1.82) is 0 Å². The van der Waals surface area contributed by atoms with E-state index in [9.17, 15) is 24.9 Å². The quantitative estimate of drug-likeness (QED) is 0.562. The van der Waals surface area contributed by atoms with Crippen LogP contribution in [0.5, 0.6) is 5.75 Å². The van der Waals surface area contributed by atoms with Crippen LogP contribution in [0.25, 0.3) is 6.08 Å². The molecule has 1 aliphatic heterocycles. The Kier molecular flexibility index (Phi) is 6.54. The molecule has 140 valence electrons. The molecule has 3 unspecified atom stereocenters. The summed E-state index contributed by atoms with van der Waals surface area (Å²) >= 11 is 0. The van der Waals surface area contributed by atoms with Crippen molar-refractivity contribution >= 4 is 23.5 Å². The lowest BCUT2D eigenvalue weighted by Gasteiger charge is -2.16. The number of carbonyl (C=O) groups is 2. The number of hydrogen-bond donors (Lipinski definition) is 4. The fourth-order valence-electron chi connectivity index (χ4n) is 2.56. The minimum atomic E-state index is -1.53. The highest BCUT2D eigenvalue weighted by molar-refractivity contribution is 5.97. The van der Waals surface area contributed by atoms with Crippen molar-refractivity contribution < 1.29 is 29.6 Å². The van der Waals surface area contributed by atoms with Gasteiger partial charge in [0.05, 0.1) is 6.10 Å². The Balaban J connectivity index is 2.45. The number of fused-ring (bicyclic) bond motifs is 1. The summed E-state index contributed by atoms with van der Waals surface area (Å²) in [6, 6.07) is 3.07. The Labute approximate surface area is 151 Å². The van der Waals surface area contributed by atoms with Gasteiger partial charge in [0.25, 0.3) is 0 Å². The highest BCUT2D eigenvalue weighted by Gasteiger charge is 2.23. The maximum absolute atomic E-state index is 12.5. The fraction of sp³-hybridized carbons (Fsp3) is 0.368. The van der Waals surface area contributed by atoms with Crippen molar-refractivity contribution in [2.75, 3.05) is 12.4 Å². The van der Waals surface area contributed by atoms with E-state index in [-0.39, 0.29) is 24.2 Å². The Bertz CT molecular complexity index is 740. The molecule has 0 aromatic heterocycles. The number of rotatable bonds is 1. The van der Waals surface area contributed by atoms with E-state index in [1.165, 1.54) is 24.3 Å². The molecule has 26 heavy (non-hydrogen) atoms. The minimum absolute atomic E-state index is 0.00379. The molecule has 1 aromatic carbocycles. The number of phenols is 1. The number of esters is 1. The van der Waals surface area contributed by atoms with Gasteiger partial charge in [-0.05, 0) is 31.1 Å². The van der Waals surface area contributed by atoms with Crippen LogP contribution >= 0.6 is 0 Å². The van der Waals surface area contributed by atoms with Crippen LogP contribution in [0.4, 0.5) is 5.69 Å². The number of aromatic hydroxyl groups is 1. The maximum Gasteiger partial charge on any atom is 0.342 e. The predicted octanol–water partition coefficient (Wildman–Crippen LogP) is 1.63. The third-order valence-corrected chi connectivity index (χ3v) is 4.03. The van der Waals surface area contributed by atoms with Gasteiger partial charge in [-0.2, -0.15) is 0 Å². The highest BCUT2D eigenvalue weighted by Crippen LogP contribution is 2.29. The van der Waals surface area contributed by atoms with Gasteiger partial charge in [0.1, 0.15) is 23.5 Å². The van der Waals surface area contributed by atoms with Crippen molar-refractivity contribution in [3.63, 3.8) is 0 Å². The lowest BCUT2D eigenvalue weighted by molar-refractivity contribution is -0.127. The third kappa shape index (κ3) is 4.71. The van der Waals surface area contributed by atoms with E-state index in [0.717, 1.165) is 6.08 Å². The summed E-state index contributed by atoms with van der Waals surface area (Å²) in [5, 5.41) is 32.9. The molecule has 2 rings (SSSR count). The smallest absolute Gasteiger partial charge is 0.342 e. The monoisotopic (exact) mass is 361 g/mol. The molecule has 0 bridgehead atoms. The summed E-state index contributed by atoms with van der Waals surface area (Å²) in [6.45, 7) is 1.65. The normalized spacial score (nSPS) is 27.0. The Morgan fingerprint density at radius 2 is 1.81 bits per heavy atom. The maximum atomic E-state index is 12.5. The Morgan fingerprint density at radius 3 is 2.50 bits per heavy atom. The lowest BCUT2D eigenvalue weighted by Crippen LogP contribution is -2.32. The molecule has 0 spiro atoms. The van der Waals surface area contributed by atoms with Gasteiger partial charge in [0.15, 0.2) is 5.78 Å². The first-order valence-corrected chi connectivity index (χ1v) is 8.32. The van der Waals surface area contributed by atoms with Crippen LogP contribution in [0.3, 0.4) is 0 Å². The summed E-state index contributed by atoms with van der Waals surface area (Å²) in [5.41, 5.74) is 0.998. The predicted molar refractivity (Wildman–Crippen MR) is 97.0 cm³/mol. The van der Waals surface area contributed by atoms with E-state index < -0.39 is 30.1 Å². The summed E-state index contributed by atoms with van der Waals surface area (Å²) < 4.78 is 5.33. The van der Waals surface area contributed by atoms with E-state index in [1.54, 1.807) is 20.0 Å². The number of ether oxygens (including phenoxy) is 1. The molecule has 0 aliphatic carbocycles. The van der Waals surface area contributed by atoms with Crippen molar-refractivity contribution in [3.8, 4) is 5.75 Å². The Morgan fingerprint density at radius 1 is 1.12 bits per heavy atom. The number of cyclic esters (lactones) is 1. The second-order valence-corrected chi connectivity index (χ2v) is 6.12. The molecule has 7 heteroatoms. The zero-order valence-corrected chi connectivity index (χ0v) is 14.7. The van der Waals surface area contributed by atoms with Gasteiger partial charge in [0.2, 0.25) is 0 Å². The number of ketones is 1. The molecule has 0 amide bonds. The van der Waals surface area contributed by atoms with E-state index in [4.69, 9.17) is 4.74 Å². The standard InChI is InChI=1S/C19H23NO6/c1-11-5-3-7-14(21)18(24)15(22)8-4-6-12-9-13(20-2)10-16(23)17(12)19(25)26-11/h3-4,6-7,9-11,15,18,20,22-24H,5,8H2,1-2H3/b6-4+,7-3-. The molecule has 0 fully saturated rings. The van der Waals surface area contributed by atoms with Crippen LogP contribution in [0.1, 0.15) is 35.7 Å². The van der Waals surface area contributed by atoms with Gasteiger partial charge in [-0.25, -0.2) is 4.79 Å². The van der Waals surface area contributed by atoms with Gasteiger partial charge in [-0.1, -0.05) is 18.2 Å². The number of aliphatic hydroxyl groups is 2. The molecule has 0 radical (unpaired) electrons. The number of carbonyl (C=O) groups excluding carboxylic acids is 2. The second kappa shape index (κ2) is 8.64. The number of phenolic OH excluding ortho intramolecular Hbond substituents is 1. The van der Waals surface area contributed by atoms with Gasteiger partial charge in [-0.3, -0.25) is 4.79 Å². The third-order valence-electron chi connectivity index (χ3n) is 4.03. The Hall–Kier alpha value is -2.64. The van der Waals surface area contributed by atoms with Crippen LogP contribution in [-0.4, -0.2) is 52.4 Å². The first-order chi connectivity index (χ1) is 12.3. The van der Waals surface area contributed by atoms with Gasteiger partial charge in [0, 0.05) is 25.2 Å². The highest BCUT2D eigenvalue weighted by atomic mass is 16.5.